The summed E-state index contributed by atoms with van der Waals surface area (Å²) in [6.45, 7) is 3.42. The van der Waals surface area contributed by atoms with Crippen molar-refractivity contribution >= 4 is 11.8 Å². The Kier molecular flexibility index (Phi) is 4.94. The van der Waals surface area contributed by atoms with Gasteiger partial charge in [-0.05, 0) is 32.0 Å². The fraction of sp³-hybridized carbons (Fsp3) is 0.286. The number of ether oxygens (including phenoxy) is 1. The van der Waals surface area contributed by atoms with Gasteiger partial charge in [0.25, 0.3) is 0 Å². The third-order valence-electron chi connectivity index (χ3n) is 2.15. The molecule has 0 bridgehead atoms. The molecule has 0 amide bonds. The SMILES string of the molecule is CCOC(=O)CC#Cc1ccc(O)c(C(C)=O)c1. The van der Waals surface area contributed by atoms with Crippen molar-refractivity contribution in [2.75, 3.05) is 6.61 Å². The minimum atomic E-state index is -0.379. The Morgan fingerprint density at radius 3 is 2.72 bits per heavy atom. The first-order valence-corrected chi connectivity index (χ1v) is 5.53. The van der Waals surface area contributed by atoms with Gasteiger partial charge in [-0.2, -0.15) is 0 Å². The summed E-state index contributed by atoms with van der Waals surface area (Å²) in [7, 11) is 0. The molecule has 1 aromatic carbocycles. The van der Waals surface area contributed by atoms with Crippen molar-refractivity contribution in [3.63, 3.8) is 0 Å². The molecule has 94 valence electrons. The van der Waals surface area contributed by atoms with Crippen LogP contribution in [0.5, 0.6) is 5.75 Å². The molecule has 1 rings (SSSR count). The van der Waals surface area contributed by atoms with Crippen molar-refractivity contribution in [1.82, 2.24) is 0 Å². The molecule has 0 aliphatic heterocycles. The fourth-order valence-electron chi connectivity index (χ4n) is 1.33. The lowest BCUT2D eigenvalue weighted by Crippen LogP contribution is -2.01. The van der Waals surface area contributed by atoms with Gasteiger partial charge in [-0.3, -0.25) is 9.59 Å². The average Bonchev–Trinajstić information content (AvgIpc) is 2.31. The zero-order valence-electron chi connectivity index (χ0n) is 10.3. The number of ketones is 1. The highest BCUT2D eigenvalue weighted by Gasteiger charge is 2.06. The second kappa shape index (κ2) is 6.45. The van der Waals surface area contributed by atoms with Crippen molar-refractivity contribution in [2.24, 2.45) is 0 Å². The molecule has 18 heavy (non-hydrogen) atoms. The first-order valence-electron chi connectivity index (χ1n) is 5.53. The molecule has 0 aromatic heterocycles. The van der Waals surface area contributed by atoms with E-state index in [-0.39, 0.29) is 29.5 Å². The quantitative estimate of drug-likeness (QED) is 0.502. The molecule has 0 radical (unpaired) electrons. The second-order valence-corrected chi connectivity index (χ2v) is 3.57. The summed E-state index contributed by atoms with van der Waals surface area (Å²) in [5, 5.41) is 9.45. The van der Waals surface area contributed by atoms with E-state index in [2.05, 4.69) is 11.8 Å². The summed E-state index contributed by atoms with van der Waals surface area (Å²) in [4.78, 5) is 22.2. The summed E-state index contributed by atoms with van der Waals surface area (Å²) in [5.74, 6) is 4.71. The van der Waals surface area contributed by atoms with E-state index in [0.717, 1.165) is 0 Å². The number of hydrogen-bond acceptors (Lipinski definition) is 4. The predicted molar refractivity (Wildman–Crippen MR) is 66.2 cm³/mol. The van der Waals surface area contributed by atoms with E-state index >= 15 is 0 Å². The topological polar surface area (TPSA) is 63.6 Å². The van der Waals surface area contributed by atoms with Crippen LogP contribution in [0, 0.1) is 11.8 Å². The van der Waals surface area contributed by atoms with Crippen LogP contribution >= 0.6 is 0 Å². The number of esters is 1. The Morgan fingerprint density at radius 2 is 2.11 bits per heavy atom. The molecule has 4 nitrogen and oxygen atoms in total. The van der Waals surface area contributed by atoms with E-state index in [1.54, 1.807) is 13.0 Å². The highest BCUT2D eigenvalue weighted by Crippen LogP contribution is 2.18. The van der Waals surface area contributed by atoms with E-state index in [4.69, 9.17) is 4.74 Å². The van der Waals surface area contributed by atoms with Gasteiger partial charge in [-0.1, -0.05) is 11.8 Å². The summed E-state index contributed by atoms with van der Waals surface area (Å²) >= 11 is 0. The molecule has 1 aromatic rings. The standard InChI is InChI=1S/C14H14O4/c1-3-18-14(17)6-4-5-11-7-8-13(16)12(9-11)10(2)15/h7-9,16H,3,6H2,1-2H3. The van der Waals surface area contributed by atoms with Crippen LogP contribution in [0.1, 0.15) is 36.2 Å². The highest BCUT2D eigenvalue weighted by molar-refractivity contribution is 5.97. The molecule has 0 saturated carbocycles. The number of benzene rings is 1. The van der Waals surface area contributed by atoms with Crippen LogP contribution < -0.4 is 0 Å². The van der Waals surface area contributed by atoms with Crippen LogP contribution in [0.4, 0.5) is 0 Å². The molecule has 0 spiro atoms. The molecular weight excluding hydrogens is 232 g/mol. The van der Waals surface area contributed by atoms with Gasteiger partial charge in [-0.15, -0.1) is 0 Å². The van der Waals surface area contributed by atoms with Crippen molar-refractivity contribution in [2.45, 2.75) is 20.3 Å². The Labute approximate surface area is 106 Å². The lowest BCUT2D eigenvalue weighted by Gasteiger charge is -2.00. The van der Waals surface area contributed by atoms with Gasteiger partial charge in [0.1, 0.15) is 12.2 Å². The summed E-state index contributed by atoms with van der Waals surface area (Å²) < 4.78 is 4.73. The number of rotatable bonds is 3. The predicted octanol–water partition coefficient (Wildman–Crippen LogP) is 1.90. The third kappa shape index (κ3) is 3.95. The molecule has 4 heteroatoms. The molecule has 0 saturated heterocycles. The van der Waals surface area contributed by atoms with Crippen LogP contribution in [-0.4, -0.2) is 23.5 Å². The van der Waals surface area contributed by atoms with Gasteiger partial charge in [0.05, 0.1) is 12.2 Å². The highest BCUT2D eigenvalue weighted by atomic mass is 16.5. The van der Waals surface area contributed by atoms with Crippen molar-refractivity contribution in [1.29, 1.82) is 0 Å². The maximum Gasteiger partial charge on any atom is 0.317 e. The molecule has 0 unspecified atom stereocenters. The van der Waals surface area contributed by atoms with Gasteiger partial charge in [0.15, 0.2) is 5.78 Å². The van der Waals surface area contributed by atoms with Crippen molar-refractivity contribution < 1.29 is 19.4 Å². The third-order valence-corrected chi connectivity index (χ3v) is 2.15. The van der Waals surface area contributed by atoms with Gasteiger partial charge in [0.2, 0.25) is 0 Å². The largest absolute Gasteiger partial charge is 0.507 e. The van der Waals surface area contributed by atoms with E-state index in [1.165, 1.54) is 19.1 Å². The van der Waals surface area contributed by atoms with Crippen LogP contribution in [0.15, 0.2) is 18.2 Å². The minimum Gasteiger partial charge on any atom is -0.507 e. The molecule has 0 aliphatic rings. The van der Waals surface area contributed by atoms with Gasteiger partial charge in [-0.25, -0.2) is 0 Å². The van der Waals surface area contributed by atoms with Crippen LogP contribution in [0.3, 0.4) is 0 Å². The summed E-state index contributed by atoms with van der Waals surface area (Å²) in [6, 6.07) is 4.49. The van der Waals surface area contributed by atoms with Gasteiger partial charge >= 0.3 is 5.97 Å². The maximum atomic E-state index is 11.2. The number of aromatic hydroxyl groups is 1. The lowest BCUT2D eigenvalue weighted by atomic mass is 10.1. The molecule has 0 fully saturated rings. The fourth-order valence-corrected chi connectivity index (χ4v) is 1.33. The normalized spacial score (nSPS) is 9.22. The number of hydrogen-bond donors (Lipinski definition) is 1. The molecule has 0 heterocycles. The van der Waals surface area contributed by atoms with Crippen molar-refractivity contribution in [3.8, 4) is 17.6 Å². The number of phenolic OH excluding ortho intramolecular Hbond substituents is 1. The molecule has 0 aliphatic carbocycles. The van der Waals surface area contributed by atoms with Crippen LogP contribution in [0.2, 0.25) is 0 Å². The van der Waals surface area contributed by atoms with E-state index < -0.39 is 0 Å². The smallest absolute Gasteiger partial charge is 0.317 e. The zero-order chi connectivity index (χ0) is 13.5. The first-order chi connectivity index (χ1) is 8.54. The molecule has 1 N–H and O–H groups in total. The molecule has 0 atom stereocenters. The van der Waals surface area contributed by atoms with Crippen LogP contribution in [0.25, 0.3) is 0 Å². The van der Waals surface area contributed by atoms with Crippen LogP contribution in [-0.2, 0) is 9.53 Å². The average molecular weight is 246 g/mol. The van der Waals surface area contributed by atoms with Gasteiger partial charge < -0.3 is 9.84 Å². The second-order valence-electron chi connectivity index (χ2n) is 3.57. The van der Waals surface area contributed by atoms with Gasteiger partial charge in [0, 0.05) is 5.56 Å². The Morgan fingerprint density at radius 1 is 1.39 bits per heavy atom. The monoisotopic (exact) mass is 246 g/mol. The Bertz CT molecular complexity index is 520. The number of Topliss-reactive ketones (excluding diaryl/α,β-unsaturated/α-hetero) is 1. The van der Waals surface area contributed by atoms with Crippen molar-refractivity contribution in [3.05, 3.63) is 29.3 Å². The maximum absolute atomic E-state index is 11.2. The van der Waals surface area contributed by atoms with E-state index in [0.29, 0.717) is 12.2 Å². The molecular formula is C14H14O4. The first kappa shape index (κ1) is 13.8. The lowest BCUT2D eigenvalue weighted by molar-refractivity contribution is -0.141. The van der Waals surface area contributed by atoms with E-state index in [1.807, 2.05) is 0 Å². The van der Waals surface area contributed by atoms with E-state index in [9.17, 15) is 14.7 Å². The number of phenols is 1. The number of carbonyl (C=O) groups is 2. The summed E-state index contributed by atoms with van der Waals surface area (Å²) in [6.07, 6.45) is 0.00409. The minimum absolute atomic E-state index is 0.00409. The Hall–Kier alpha value is -2.28. The Balaban J connectivity index is 2.80. The number of carbonyl (C=O) groups excluding carboxylic acids is 2. The zero-order valence-corrected chi connectivity index (χ0v) is 10.3. The summed E-state index contributed by atoms with van der Waals surface area (Å²) in [5.41, 5.74) is 0.792.